The Bertz CT molecular complexity index is 772. The lowest BCUT2D eigenvalue weighted by atomic mass is 10.2. The van der Waals surface area contributed by atoms with E-state index < -0.39 is 0 Å². The molecule has 0 unspecified atom stereocenters. The Kier molecular flexibility index (Phi) is 4.58. The van der Waals surface area contributed by atoms with E-state index in [4.69, 9.17) is 4.42 Å². The summed E-state index contributed by atoms with van der Waals surface area (Å²) in [6, 6.07) is 7.87. The maximum atomic E-state index is 5.56. The van der Waals surface area contributed by atoms with Crippen LogP contribution in [-0.4, -0.2) is 25.4 Å². The Balaban J connectivity index is 1.75. The molecule has 0 fully saturated rings. The number of nitrogens with zero attached hydrogens (tertiary/aromatic N) is 4. The van der Waals surface area contributed by atoms with E-state index in [0.717, 1.165) is 22.3 Å². The fourth-order valence-electron chi connectivity index (χ4n) is 1.86. The van der Waals surface area contributed by atoms with Crippen molar-refractivity contribution in [3.05, 3.63) is 40.5 Å². The lowest BCUT2D eigenvalue weighted by Gasteiger charge is -2.02. The molecule has 0 saturated heterocycles. The van der Waals surface area contributed by atoms with Crippen molar-refractivity contribution in [2.24, 2.45) is 0 Å². The Morgan fingerprint density at radius 3 is 2.86 bits per heavy atom. The average Bonchev–Trinajstić information content (AvgIpc) is 3.16. The maximum absolute atomic E-state index is 5.56. The molecule has 3 aromatic rings. The van der Waals surface area contributed by atoms with Crippen molar-refractivity contribution in [2.75, 3.05) is 0 Å². The third-order valence-corrected chi connectivity index (χ3v) is 4.65. The van der Waals surface area contributed by atoms with Gasteiger partial charge in [-0.15, -0.1) is 15.3 Å². The van der Waals surface area contributed by atoms with Gasteiger partial charge in [-0.05, 0) is 13.0 Å². The van der Waals surface area contributed by atoms with Crippen molar-refractivity contribution in [1.82, 2.24) is 25.4 Å². The van der Waals surface area contributed by atoms with E-state index >= 15 is 0 Å². The molecule has 0 radical (unpaired) electrons. The molecule has 114 valence electrons. The Morgan fingerprint density at radius 2 is 2.14 bits per heavy atom. The van der Waals surface area contributed by atoms with E-state index in [0.29, 0.717) is 16.9 Å². The highest BCUT2D eigenvalue weighted by Crippen LogP contribution is 2.33. The van der Waals surface area contributed by atoms with Gasteiger partial charge in [0, 0.05) is 16.5 Å². The molecular weight excluding hydrogens is 366 g/mol. The summed E-state index contributed by atoms with van der Waals surface area (Å²) in [5.74, 6) is 1.96. The maximum Gasteiger partial charge on any atom is 0.229 e. The third kappa shape index (κ3) is 3.22. The first-order valence-corrected chi connectivity index (χ1v) is 8.51. The zero-order valence-electron chi connectivity index (χ0n) is 12.1. The first-order chi connectivity index (χ1) is 10.7. The van der Waals surface area contributed by atoms with Crippen molar-refractivity contribution < 1.29 is 4.42 Å². The molecule has 6 nitrogen and oxygen atoms in total. The molecule has 0 saturated carbocycles. The number of nitrogens with one attached hydrogen (secondary N) is 1. The molecule has 1 N–H and O–H groups in total. The molecule has 3 rings (SSSR count). The van der Waals surface area contributed by atoms with Crippen LogP contribution >= 0.6 is 27.7 Å². The predicted octanol–water partition coefficient (Wildman–Crippen LogP) is 4.03. The largest absolute Gasteiger partial charge is 0.424 e. The summed E-state index contributed by atoms with van der Waals surface area (Å²) in [5.41, 5.74) is 0.973. The highest BCUT2D eigenvalue weighted by molar-refractivity contribution is 9.10. The van der Waals surface area contributed by atoms with Crippen molar-refractivity contribution in [3.8, 4) is 11.4 Å². The number of H-pyrrole nitrogens is 1. The second-order valence-corrected chi connectivity index (χ2v) is 6.76. The van der Waals surface area contributed by atoms with E-state index in [2.05, 4.69) is 41.3 Å². The van der Waals surface area contributed by atoms with Gasteiger partial charge in [-0.25, -0.2) is 4.98 Å². The monoisotopic (exact) mass is 379 g/mol. The quantitative estimate of drug-likeness (QED) is 0.673. The number of thioether (sulfide) groups is 1. The molecule has 0 amide bonds. The van der Waals surface area contributed by atoms with E-state index in [1.807, 2.05) is 38.1 Å². The fraction of sp³-hybridized carbons (Fsp3) is 0.286. The molecule has 0 bridgehead atoms. The van der Waals surface area contributed by atoms with Gasteiger partial charge >= 0.3 is 0 Å². The van der Waals surface area contributed by atoms with Crippen LogP contribution in [0, 0.1) is 0 Å². The normalized spacial score (nSPS) is 12.5. The van der Waals surface area contributed by atoms with Crippen molar-refractivity contribution in [3.63, 3.8) is 0 Å². The average molecular weight is 380 g/mol. The summed E-state index contributed by atoms with van der Waals surface area (Å²) in [5, 5.41) is 15.9. The third-order valence-electron chi connectivity index (χ3n) is 3.01. The molecule has 0 aliphatic heterocycles. The van der Waals surface area contributed by atoms with Crippen molar-refractivity contribution in [1.29, 1.82) is 0 Å². The van der Waals surface area contributed by atoms with E-state index in [9.17, 15) is 0 Å². The van der Waals surface area contributed by atoms with E-state index in [1.165, 1.54) is 11.8 Å². The zero-order valence-corrected chi connectivity index (χ0v) is 14.5. The first-order valence-electron chi connectivity index (χ1n) is 6.83. The highest BCUT2D eigenvalue weighted by atomic mass is 79.9. The first kappa shape index (κ1) is 15.2. The number of hydrogen-bond acceptors (Lipinski definition) is 6. The number of rotatable bonds is 5. The smallest absolute Gasteiger partial charge is 0.229 e. The second kappa shape index (κ2) is 6.62. The van der Waals surface area contributed by atoms with Gasteiger partial charge in [-0.3, -0.25) is 5.10 Å². The fourth-order valence-corrected chi connectivity index (χ4v) is 3.08. The molecule has 0 aliphatic rings. The molecule has 2 aromatic heterocycles. The number of aryl methyl sites for hydroxylation is 1. The number of benzene rings is 1. The van der Waals surface area contributed by atoms with Crippen LogP contribution in [0.15, 0.2) is 38.3 Å². The standard InChI is InChI=1S/C14H14BrN5OS/c1-3-11-17-19-13(21-11)8(2)22-14-16-12(18-20-14)9-6-4-5-7-10(9)15/h4-8H,3H2,1-2H3,(H,16,18,20)/t8-/m1/s1. The molecule has 8 heteroatoms. The minimum absolute atomic E-state index is 0.00401. The highest BCUT2D eigenvalue weighted by Gasteiger charge is 2.18. The van der Waals surface area contributed by atoms with Crippen molar-refractivity contribution >= 4 is 27.7 Å². The second-order valence-electron chi connectivity index (χ2n) is 4.59. The number of aromatic nitrogens is 5. The van der Waals surface area contributed by atoms with Crippen LogP contribution in [0.2, 0.25) is 0 Å². The molecule has 22 heavy (non-hydrogen) atoms. The van der Waals surface area contributed by atoms with Crippen LogP contribution in [0.1, 0.15) is 30.9 Å². The van der Waals surface area contributed by atoms with Gasteiger partial charge in [-0.1, -0.05) is 52.8 Å². The van der Waals surface area contributed by atoms with Gasteiger partial charge in [0.25, 0.3) is 0 Å². The summed E-state index contributed by atoms with van der Waals surface area (Å²) >= 11 is 4.99. The zero-order chi connectivity index (χ0) is 15.5. The summed E-state index contributed by atoms with van der Waals surface area (Å²) in [7, 11) is 0. The van der Waals surface area contributed by atoms with Gasteiger partial charge in [0.2, 0.25) is 16.9 Å². The number of aromatic amines is 1. The van der Waals surface area contributed by atoms with Gasteiger partial charge in [-0.2, -0.15) is 0 Å². The van der Waals surface area contributed by atoms with Crippen LogP contribution < -0.4 is 0 Å². The minimum Gasteiger partial charge on any atom is -0.424 e. The molecule has 2 heterocycles. The molecular formula is C14H14BrN5OS. The Labute approximate surface area is 140 Å². The van der Waals surface area contributed by atoms with Gasteiger partial charge < -0.3 is 4.42 Å². The number of halogens is 1. The SMILES string of the molecule is CCc1nnc([C@@H](C)Sc2n[nH]c(-c3ccccc3Br)n2)o1. The van der Waals surface area contributed by atoms with Crippen LogP contribution in [0.25, 0.3) is 11.4 Å². The summed E-state index contributed by atoms with van der Waals surface area (Å²) < 4.78 is 6.53. The summed E-state index contributed by atoms with van der Waals surface area (Å²) in [6.45, 7) is 3.97. The lowest BCUT2D eigenvalue weighted by Crippen LogP contribution is -1.89. The van der Waals surface area contributed by atoms with Crippen LogP contribution in [-0.2, 0) is 6.42 Å². The summed E-state index contributed by atoms with van der Waals surface area (Å²) in [6.07, 6.45) is 0.733. The van der Waals surface area contributed by atoms with Crippen LogP contribution in [0.3, 0.4) is 0 Å². The number of hydrogen-bond donors (Lipinski definition) is 1. The predicted molar refractivity (Wildman–Crippen MR) is 87.5 cm³/mol. The summed E-state index contributed by atoms with van der Waals surface area (Å²) in [4.78, 5) is 4.51. The molecule has 1 atom stereocenters. The molecule has 1 aromatic carbocycles. The lowest BCUT2D eigenvalue weighted by molar-refractivity contribution is 0.456. The van der Waals surface area contributed by atoms with E-state index in [1.54, 1.807) is 0 Å². The van der Waals surface area contributed by atoms with Crippen LogP contribution in [0.5, 0.6) is 0 Å². The Morgan fingerprint density at radius 1 is 1.32 bits per heavy atom. The van der Waals surface area contributed by atoms with Crippen LogP contribution in [0.4, 0.5) is 0 Å². The van der Waals surface area contributed by atoms with Gasteiger partial charge in [0.15, 0.2) is 5.82 Å². The van der Waals surface area contributed by atoms with E-state index in [-0.39, 0.29) is 5.25 Å². The topological polar surface area (TPSA) is 80.5 Å². The minimum atomic E-state index is -0.00401. The molecule has 0 aliphatic carbocycles. The Hall–Kier alpha value is -1.67. The van der Waals surface area contributed by atoms with Gasteiger partial charge in [0.1, 0.15) is 0 Å². The van der Waals surface area contributed by atoms with Gasteiger partial charge in [0.05, 0.1) is 5.25 Å². The molecule has 0 spiro atoms. The van der Waals surface area contributed by atoms with Crippen molar-refractivity contribution in [2.45, 2.75) is 30.7 Å².